The maximum absolute atomic E-state index is 12.2. The van der Waals surface area contributed by atoms with Gasteiger partial charge in [0.15, 0.2) is 4.96 Å². The van der Waals surface area contributed by atoms with Crippen LogP contribution >= 0.6 is 11.3 Å². The standard InChI is InChI=1S/C14H21N3O2S/c1-9-7-17-10(8-20-12(17)15-9)6-11(18)16-13(2,3)14(4,5)19/h7-8,19H,6H2,1-5H3,(H,16,18). The van der Waals surface area contributed by atoms with Crippen molar-refractivity contribution < 1.29 is 9.90 Å². The predicted octanol–water partition coefficient (Wildman–Crippen LogP) is 1.91. The fourth-order valence-electron chi connectivity index (χ4n) is 1.78. The number of fused-ring (bicyclic) bond motifs is 1. The van der Waals surface area contributed by atoms with E-state index in [0.717, 1.165) is 16.3 Å². The van der Waals surface area contributed by atoms with Crippen LogP contribution in [0, 0.1) is 6.92 Å². The van der Waals surface area contributed by atoms with E-state index in [2.05, 4.69) is 10.3 Å². The number of carbonyl (C=O) groups excluding carboxylic acids is 1. The lowest BCUT2D eigenvalue weighted by Crippen LogP contribution is -2.58. The second-order valence-corrected chi connectivity index (χ2v) is 7.01. The van der Waals surface area contributed by atoms with Crippen LogP contribution < -0.4 is 5.32 Å². The highest BCUT2D eigenvalue weighted by Gasteiger charge is 2.36. The molecule has 0 radical (unpaired) electrons. The molecule has 2 heterocycles. The van der Waals surface area contributed by atoms with Crippen LogP contribution in [-0.4, -0.2) is 31.5 Å². The number of nitrogens with one attached hydrogen (secondary N) is 1. The van der Waals surface area contributed by atoms with Crippen LogP contribution in [0.15, 0.2) is 11.6 Å². The van der Waals surface area contributed by atoms with Crippen molar-refractivity contribution >= 4 is 22.2 Å². The van der Waals surface area contributed by atoms with Gasteiger partial charge in [-0.1, -0.05) is 0 Å². The Morgan fingerprint density at radius 1 is 1.45 bits per heavy atom. The van der Waals surface area contributed by atoms with Gasteiger partial charge in [0.2, 0.25) is 5.91 Å². The molecule has 1 amide bonds. The zero-order valence-electron chi connectivity index (χ0n) is 12.5. The van der Waals surface area contributed by atoms with Gasteiger partial charge in [-0.3, -0.25) is 9.20 Å². The van der Waals surface area contributed by atoms with Crippen molar-refractivity contribution in [2.45, 2.75) is 52.2 Å². The third kappa shape index (κ3) is 2.86. The van der Waals surface area contributed by atoms with Crippen molar-refractivity contribution in [1.29, 1.82) is 0 Å². The van der Waals surface area contributed by atoms with Gasteiger partial charge in [-0.25, -0.2) is 4.98 Å². The second kappa shape index (κ2) is 4.86. The number of nitrogens with zero attached hydrogens (tertiary/aromatic N) is 2. The van der Waals surface area contributed by atoms with Gasteiger partial charge in [-0.05, 0) is 34.6 Å². The van der Waals surface area contributed by atoms with Gasteiger partial charge < -0.3 is 10.4 Å². The first-order valence-corrected chi connectivity index (χ1v) is 7.43. The Labute approximate surface area is 122 Å². The molecular formula is C14H21N3O2S. The second-order valence-electron chi connectivity index (χ2n) is 6.17. The molecule has 5 nitrogen and oxygen atoms in total. The summed E-state index contributed by atoms with van der Waals surface area (Å²) in [4.78, 5) is 17.4. The largest absolute Gasteiger partial charge is 0.388 e. The minimum absolute atomic E-state index is 0.108. The number of amides is 1. The number of aromatic nitrogens is 2. The number of rotatable bonds is 4. The van der Waals surface area contributed by atoms with Gasteiger partial charge in [0.25, 0.3) is 0 Å². The van der Waals surface area contributed by atoms with Crippen LogP contribution in [0.25, 0.3) is 4.96 Å². The van der Waals surface area contributed by atoms with Gasteiger partial charge in [0.1, 0.15) is 0 Å². The fraction of sp³-hybridized carbons (Fsp3) is 0.571. The van der Waals surface area contributed by atoms with Crippen LogP contribution in [0.2, 0.25) is 0 Å². The number of hydrogen-bond acceptors (Lipinski definition) is 4. The molecule has 2 aromatic rings. The Morgan fingerprint density at radius 2 is 2.10 bits per heavy atom. The first-order valence-electron chi connectivity index (χ1n) is 6.55. The molecule has 0 saturated heterocycles. The lowest BCUT2D eigenvalue weighted by Gasteiger charge is -2.38. The Morgan fingerprint density at radius 3 is 2.70 bits per heavy atom. The molecule has 0 aliphatic rings. The molecule has 0 fully saturated rings. The Kier molecular flexibility index (Phi) is 3.64. The third-order valence-electron chi connectivity index (χ3n) is 3.73. The lowest BCUT2D eigenvalue weighted by atomic mass is 9.86. The van der Waals surface area contributed by atoms with Crippen molar-refractivity contribution in [2.24, 2.45) is 0 Å². The van der Waals surface area contributed by atoms with Gasteiger partial charge >= 0.3 is 0 Å². The third-order valence-corrected chi connectivity index (χ3v) is 4.62. The van der Waals surface area contributed by atoms with Gasteiger partial charge in [-0.15, -0.1) is 11.3 Å². The summed E-state index contributed by atoms with van der Waals surface area (Å²) in [6.45, 7) is 8.94. The molecule has 0 atom stereocenters. The van der Waals surface area contributed by atoms with Crippen molar-refractivity contribution in [3.8, 4) is 0 Å². The highest BCUT2D eigenvalue weighted by Crippen LogP contribution is 2.21. The smallest absolute Gasteiger partial charge is 0.226 e. The Bertz CT molecular complexity index is 634. The monoisotopic (exact) mass is 295 g/mol. The summed E-state index contributed by atoms with van der Waals surface area (Å²) in [5.74, 6) is -0.108. The predicted molar refractivity (Wildman–Crippen MR) is 80.0 cm³/mol. The van der Waals surface area contributed by atoms with E-state index in [-0.39, 0.29) is 12.3 Å². The zero-order chi connectivity index (χ0) is 15.1. The highest BCUT2D eigenvalue weighted by atomic mass is 32.1. The minimum Gasteiger partial charge on any atom is -0.388 e. The van der Waals surface area contributed by atoms with Crippen molar-refractivity contribution in [3.05, 3.63) is 23.0 Å². The van der Waals surface area contributed by atoms with Crippen LogP contribution in [0.1, 0.15) is 39.1 Å². The molecule has 2 rings (SSSR count). The molecule has 0 spiro atoms. The van der Waals surface area contributed by atoms with Crippen LogP contribution in [0.3, 0.4) is 0 Å². The summed E-state index contributed by atoms with van der Waals surface area (Å²) < 4.78 is 1.94. The van der Waals surface area contributed by atoms with Crippen LogP contribution in [0.4, 0.5) is 0 Å². The molecule has 0 aliphatic carbocycles. The number of aliphatic hydroxyl groups is 1. The number of hydrogen-bond donors (Lipinski definition) is 2. The molecule has 0 aliphatic heterocycles. The summed E-state index contributed by atoms with van der Waals surface area (Å²) in [6.07, 6.45) is 2.20. The van der Waals surface area contributed by atoms with Crippen LogP contribution in [0.5, 0.6) is 0 Å². The minimum atomic E-state index is -0.988. The zero-order valence-corrected chi connectivity index (χ0v) is 13.3. The fourth-order valence-corrected chi connectivity index (χ4v) is 2.70. The van der Waals surface area contributed by atoms with Gasteiger partial charge in [0.05, 0.1) is 23.3 Å². The first kappa shape index (κ1) is 15.0. The van der Waals surface area contributed by atoms with E-state index >= 15 is 0 Å². The van der Waals surface area contributed by atoms with Gasteiger partial charge in [-0.2, -0.15) is 0 Å². The first-order chi connectivity index (χ1) is 9.10. The maximum Gasteiger partial charge on any atom is 0.226 e. The van der Waals surface area contributed by atoms with E-state index in [1.165, 1.54) is 11.3 Å². The molecule has 6 heteroatoms. The molecule has 0 saturated carbocycles. The van der Waals surface area contributed by atoms with E-state index in [0.29, 0.717) is 0 Å². The van der Waals surface area contributed by atoms with Crippen molar-refractivity contribution in [2.75, 3.05) is 0 Å². The average molecular weight is 295 g/mol. The van der Waals surface area contributed by atoms with Gasteiger partial charge in [0, 0.05) is 17.3 Å². The molecule has 110 valence electrons. The topological polar surface area (TPSA) is 66.6 Å². The molecule has 0 unspecified atom stereocenters. The maximum atomic E-state index is 12.2. The quantitative estimate of drug-likeness (QED) is 0.905. The van der Waals surface area contributed by atoms with E-state index < -0.39 is 11.1 Å². The highest BCUT2D eigenvalue weighted by molar-refractivity contribution is 7.15. The van der Waals surface area contributed by atoms with Crippen molar-refractivity contribution in [1.82, 2.24) is 14.7 Å². The number of carbonyl (C=O) groups is 1. The number of aryl methyl sites for hydroxylation is 1. The Hall–Kier alpha value is -1.40. The number of thiazole rings is 1. The normalized spacial score (nSPS) is 12.9. The molecule has 20 heavy (non-hydrogen) atoms. The average Bonchev–Trinajstić information content (AvgIpc) is 2.77. The molecule has 2 aromatic heterocycles. The number of imidazole rings is 1. The molecule has 2 N–H and O–H groups in total. The van der Waals surface area contributed by atoms with E-state index in [1.54, 1.807) is 13.8 Å². The van der Waals surface area contributed by atoms with E-state index in [4.69, 9.17) is 0 Å². The summed E-state index contributed by atoms with van der Waals surface area (Å²) >= 11 is 1.52. The van der Waals surface area contributed by atoms with Crippen LogP contribution in [-0.2, 0) is 11.2 Å². The lowest BCUT2D eigenvalue weighted by molar-refractivity contribution is -0.125. The summed E-state index contributed by atoms with van der Waals surface area (Å²) in [5, 5.41) is 14.9. The van der Waals surface area contributed by atoms with Crippen molar-refractivity contribution in [3.63, 3.8) is 0 Å². The molecular weight excluding hydrogens is 274 g/mol. The summed E-state index contributed by atoms with van der Waals surface area (Å²) in [6, 6.07) is 0. The van der Waals surface area contributed by atoms with E-state index in [9.17, 15) is 9.90 Å². The SMILES string of the molecule is Cc1cn2c(CC(=O)NC(C)(C)C(C)(C)O)csc2n1. The summed E-state index contributed by atoms with van der Waals surface area (Å²) in [5.41, 5.74) is 0.174. The molecule has 0 bridgehead atoms. The Balaban J connectivity index is 2.12. The van der Waals surface area contributed by atoms with E-state index in [1.807, 2.05) is 36.7 Å². The molecule has 0 aromatic carbocycles. The summed E-state index contributed by atoms with van der Waals surface area (Å²) in [7, 11) is 0.